The maximum Gasteiger partial charge on any atom is 0.434 e. The lowest BCUT2D eigenvalue weighted by atomic mass is 10.2. The third-order valence-corrected chi connectivity index (χ3v) is 2.11. The zero-order valence-electron chi connectivity index (χ0n) is 9.50. The van der Waals surface area contributed by atoms with E-state index >= 15 is 0 Å². The van der Waals surface area contributed by atoms with Crippen LogP contribution in [0.2, 0.25) is 0 Å². The molecule has 5 nitrogen and oxygen atoms in total. The second-order valence-corrected chi connectivity index (χ2v) is 3.34. The fourth-order valence-electron chi connectivity index (χ4n) is 1.42. The van der Waals surface area contributed by atoms with Gasteiger partial charge in [0.25, 0.3) is 0 Å². The van der Waals surface area contributed by atoms with Crippen molar-refractivity contribution in [3.63, 3.8) is 0 Å². The largest absolute Gasteiger partial charge is 0.434 e. The highest BCUT2D eigenvalue weighted by atomic mass is 19.4. The van der Waals surface area contributed by atoms with Crippen LogP contribution in [0.15, 0.2) is 0 Å². The topological polar surface area (TPSA) is 66.0 Å². The van der Waals surface area contributed by atoms with Crippen molar-refractivity contribution in [2.45, 2.75) is 26.1 Å². The Morgan fingerprint density at radius 2 is 2.12 bits per heavy atom. The minimum atomic E-state index is -4.47. The molecule has 0 aliphatic carbocycles. The summed E-state index contributed by atoms with van der Waals surface area (Å²) in [5, 5.41) is 6.99. The lowest BCUT2D eigenvalue weighted by molar-refractivity contribution is -0.145. The molecule has 1 rings (SSSR count). The van der Waals surface area contributed by atoms with Crippen LogP contribution in [0.25, 0.3) is 0 Å². The van der Waals surface area contributed by atoms with E-state index in [-0.39, 0.29) is 31.8 Å². The van der Waals surface area contributed by atoms with Gasteiger partial charge in [0.15, 0.2) is 5.69 Å². The number of nitrogens with two attached hydrogens (primary N) is 1. The summed E-state index contributed by atoms with van der Waals surface area (Å²) in [4.78, 5) is 0. The highest BCUT2D eigenvalue weighted by molar-refractivity contribution is 5.14. The number of ether oxygens (including phenoxy) is 1. The second kappa shape index (κ2) is 5.97. The van der Waals surface area contributed by atoms with Gasteiger partial charge in [0.05, 0.1) is 18.8 Å². The molecule has 0 atom stereocenters. The fourth-order valence-corrected chi connectivity index (χ4v) is 1.42. The van der Waals surface area contributed by atoms with Gasteiger partial charge in [-0.3, -0.25) is 0 Å². The van der Waals surface area contributed by atoms with Gasteiger partial charge in [-0.1, -0.05) is 5.21 Å². The van der Waals surface area contributed by atoms with Gasteiger partial charge < -0.3 is 10.5 Å². The third kappa shape index (κ3) is 3.67. The van der Waals surface area contributed by atoms with Gasteiger partial charge in [-0.2, -0.15) is 13.2 Å². The van der Waals surface area contributed by atoms with E-state index in [1.165, 1.54) is 0 Å². The quantitative estimate of drug-likeness (QED) is 0.762. The van der Waals surface area contributed by atoms with Crippen molar-refractivity contribution in [2.24, 2.45) is 5.73 Å². The Hall–Kier alpha value is -1.15. The van der Waals surface area contributed by atoms with Crippen LogP contribution in [0.1, 0.15) is 18.3 Å². The number of alkyl halides is 3. The molecule has 0 fully saturated rings. The summed E-state index contributed by atoms with van der Waals surface area (Å²) in [6, 6.07) is 0. The number of halogens is 3. The van der Waals surface area contributed by atoms with Gasteiger partial charge >= 0.3 is 6.18 Å². The molecule has 0 radical (unpaired) electrons. The third-order valence-electron chi connectivity index (χ3n) is 2.11. The van der Waals surface area contributed by atoms with Crippen molar-refractivity contribution in [1.29, 1.82) is 0 Å². The first-order valence-electron chi connectivity index (χ1n) is 5.28. The van der Waals surface area contributed by atoms with Crippen molar-refractivity contribution in [3.05, 3.63) is 11.4 Å². The number of hydrogen-bond donors (Lipinski definition) is 1. The molecule has 0 aliphatic rings. The average molecular weight is 252 g/mol. The molecule has 0 amide bonds. The van der Waals surface area contributed by atoms with E-state index in [2.05, 4.69) is 10.3 Å². The number of rotatable bonds is 6. The van der Waals surface area contributed by atoms with Crippen LogP contribution in [0.5, 0.6) is 0 Å². The summed E-state index contributed by atoms with van der Waals surface area (Å²) < 4.78 is 44.2. The van der Waals surface area contributed by atoms with E-state index in [1.54, 1.807) is 6.92 Å². The Morgan fingerprint density at radius 3 is 2.65 bits per heavy atom. The molecule has 98 valence electrons. The predicted octanol–water partition coefficient (Wildman–Crippen LogP) is 0.835. The Bertz CT molecular complexity index is 351. The average Bonchev–Trinajstić information content (AvgIpc) is 2.62. The van der Waals surface area contributed by atoms with E-state index in [0.717, 1.165) is 4.68 Å². The zero-order chi connectivity index (χ0) is 12.9. The van der Waals surface area contributed by atoms with Crippen LogP contribution in [0.3, 0.4) is 0 Å². The van der Waals surface area contributed by atoms with Crippen molar-refractivity contribution in [2.75, 3.05) is 19.8 Å². The summed E-state index contributed by atoms with van der Waals surface area (Å²) >= 11 is 0. The van der Waals surface area contributed by atoms with Crippen molar-refractivity contribution >= 4 is 0 Å². The molecule has 17 heavy (non-hydrogen) atoms. The molecule has 0 spiro atoms. The van der Waals surface area contributed by atoms with Crippen LogP contribution < -0.4 is 5.73 Å². The van der Waals surface area contributed by atoms with Crippen LogP contribution in [0.4, 0.5) is 13.2 Å². The van der Waals surface area contributed by atoms with Crippen LogP contribution in [0, 0.1) is 0 Å². The van der Waals surface area contributed by atoms with Gasteiger partial charge in [0.1, 0.15) is 0 Å². The summed E-state index contributed by atoms with van der Waals surface area (Å²) in [6.45, 7) is 2.52. The fraction of sp³-hybridized carbons (Fsp3) is 0.778. The van der Waals surface area contributed by atoms with Crippen LogP contribution in [-0.4, -0.2) is 34.8 Å². The number of aromatic nitrogens is 3. The molecule has 0 aromatic carbocycles. The van der Waals surface area contributed by atoms with Crippen LogP contribution in [-0.2, 0) is 23.9 Å². The van der Waals surface area contributed by atoms with Gasteiger partial charge in [-0.05, 0) is 13.5 Å². The molecule has 2 N–H and O–H groups in total. The molecule has 0 aliphatic heterocycles. The standard InChI is InChI=1S/C9H15F3N4O/c1-2-17-6-5-16-8(9(10,11)12)7(3-4-13)14-15-16/h2-6,13H2,1H3. The first kappa shape index (κ1) is 13.9. The van der Waals surface area contributed by atoms with E-state index in [9.17, 15) is 13.2 Å². The molecule has 0 saturated heterocycles. The normalized spacial score (nSPS) is 12.1. The highest BCUT2D eigenvalue weighted by Gasteiger charge is 2.38. The van der Waals surface area contributed by atoms with Crippen molar-refractivity contribution in [1.82, 2.24) is 15.0 Å². The summed E-state index contributed by atoms with van der Waals surface area (Å²) in [7, 11) is 0. The van der Waals surface area contributed by atoms with Gasteiger partial charge in [0.2, 0.25) is 0 Å². The Morgan fingerprint density at radius 1 is 1.41 bits per heavy atom. The molecule has 0 unspecified atom stereocenters. The summed E-state index contributed by atoms with van der Waals surface area (Å²) in [5.41, 5.74) is 4.29. The molecular weight excluding hydrogens is 237 g/mol. The van der Waals surface area contributed by atoms with Gasteiger partial charge in [0, 0.05) is 13.0 Å². The molecule has 8 heteroatoms. The van der Waals surface area contributed by atoms with E-state index < -0.39 is 11.9 Å². The molecule has 0 saturated carbocycles. The lowest BCUT2D eigenvalue weighted by Gasteiger charge is -2.10. The molecule has 1 heterocycles. The Balaban J connectivity index is 2.89. The van der Waals surface area contributed by atoms with E-state index in [1.807, 2.05) is 0 Å². The first-order chi connectivity index (χ1) is 8.00. The minimum absolute atomic E-state index is 0.0280. The molecule has 1 aromatic rings. The first-order valence-corrected chi connectivity index (χ1v) is 5.28. The number of hydrogen-bond acceptors (Lipinski definition) is 4. The smallest absolute Gasteiger partial charge is 0.380 e. The second-order valence-electron chi connectivity index (χ2n) is 3.34. The van der Waals surface area contributed by atoms with E-state index in [0.29, 0.717) is 6.61 Å². The Kier molecular flexibility index (Phi) is 4.88. The van der Waals surface area contributed by atoms with Crippen molar-refractivity contribution < 1.29 is 17.9 Å². The van der Waals surface area contributed by atoms with E-state index in [4.69, 9.17) is 10.5 Å². The van der Waals surface area contributed by atoms with Crippen LogP contribution >= 0.6 is 0 Å². The minimum Gasteiger partial charge on any atom is -0.380 e. The maximum absolute atomic E-state index is 12.8. The van der Waals surface area contributed by atoms with Gasteiger partial charge in [-0.15, -0.1) is 5.10 Å². The van der Waals surface area contributed by atoms with Crippen molar-refractivity contribution in [3.8, 4) is 0 Å². The molecular formula is C9H15F3N4O. The molecule has 1 aromatic heterocycles. The maximum atomic E-state index is 12.8. The predicted molar refractivity (Wildman–Crippen MR) is 54.3 cm³/mol. The Labute approximate surface area is 96.7 Å². The van der Waals surface area contributed by atoms with Gasteiger partial charge in [-0.25, -0.2) is 4.68 Å². The monoisotopic (exact) mass is 252 g/mol. The number of nitrogens with zero attached hydrogens (tertiary/aromatic N) is 3. The lowest BCUT2D eigenvalue weighted by Crippen LogP contribution is -2.19. The highest BCUT2D eigenvalue weighted by Crippen LogP contribution is 2.31. The SMILES string of the molecule is CCOCCn1nnc(CCN)c1C(F)(F)F. The zero-order valence-corrected chi connectivity index (χ0v) is 9.50. The molecule has 0 bridgehead atoms. The summed E-state index contributed by atoms with van der Waals surface area (Å²) in [5.74, 6) is 0. The summed E-state index contributed by atoms with van der Waals surface area (Å²) in [6.07, 6.45) is -4.41.